The molecule has 0 spiro atoms. The fraction of sp³-hybridized carbons (Fsp3) is 0. The second kappa shape index (κ2) is 13.5. The molecule has 0 fully saturated rings. The van der Waals surface area contributed by atoms with E-state index in [1.54, 1.807) is 0 Å². The highest BCUT2D eigenvalue weighted by atomic mass is 15.1. The maximum Gasteiger partial charge on any atom is 0.187 e. The number of hydrogen-bond acceptors (Lipinski definition) is 1. The Balaban J connectivity index is 1.28. The molecule has 0 atom stereocenters. The lowest BCUT2D eigenvalue weighted by Gasteiger charge is -2.29. The first-order valence-electron chi connectivity index (χ1n) is 18.6. The van der Waals surface area contributed by atoms with Crippen LogP contribution in [0.1, 0.15) is 0 Å². The molecule has 10 aromatic rings. The van der Waals surface area contributed by atoms with Gasteiger partial charge in [-0.3, -0.25) is 0 Å². The molecule has 0 amide bonds. The lowest BCUT2D eigenvalue weighted by Crippen LogP contribution is -2.11. The smallest absolute Gasteiger partial charge is 0.187 e. The molecular formula is C52H32N4. The molecule has 0 bridgehead atoms. The van der Waals surface area contributed by atoms with E-state index in [0.717, 1.165) is 66.5 Å². The third-order valence-electron chi connectivity index (χ3n) is 10.8. The summed E-state index contributed by atoms with van der Waals surface area (Å²) in [6.07, 6.45) is 0. The maximum atomic E-state index is 7.90. The van der Waals surface area contributed by atoms with Crippen molar-refractivity contribution in [2.45, 2.75) is 0 Å². The Bertz CT molecular complexity index is 3160. The van der Waals surface area contributed by atoms with Crippen molar-refractivity contribution in [1.29, 1.82) is 0 Å². The molecule has 1 aromatic heterocycles. The first kappa shape index (κ1) is 32.7. The molecule has 4 nitrogen and oxygen atoms in total. The first-order valence-corrected chi connectivity index (χ1v) is 18.6. The van der Waals surface area contributed by atoms with Crippen molar-refractivity contribution in [3.05, 3.63) is 217 Å². The minimum absolute atomic E-state index is 0.589. The predicted molar refractivity (Wildman–Crippen MR) is 234 cm³/mol. The summed E-state index contributed by atoms with van der Waals surface area (Å²) in [7, 11) is 0. The van der Waals surface area contributed by atoms with E-state index in [0.29, 0.717) is 11.4 Å². The molecule has 9 aromatic carbocycles. The molecule has 56 heavy (non-hydrogen) atoms. The minimum atomic E-state index is 0.589. The number of hydrogen-bond donors (Lipinski definition) is 0. The fourth-order valence-electron chi connectivity index (χ4n) is 8.42. The molecule has 0 unspecified atom stereocenters. The second-order valence-corrected chi connectivity index (χ2v) is 13.9. The zero-order valence-corrected chi connectivity index (χ0v) is 30.3. The van der Waals surface area contributed by atoms with Crippen molar-refractivity contribution in [3.8, 4) is 27.9 Å². The summed E-state index contributed by atoms with van der Waals surface area (Å²) in [5.74, 6) is 0. The van der Waals surface area contributed by atoms with E-state index in [4.69, 9.17) is 13.1 Å². The molecule has 10 rings (SSSR count). The molecule has 0 aliphatic heterocycles. The van der Waals surface area contributed by atoms with Crippen LogP contribution in [0.2, 0.25) is 0 Å². The third-order valence-corrected chi connectivity index (χ3v) is 10.8. The van der Waals surface area contributed by atoms with Gasteiger partial charge in [-0.25, -0.2) is 9.69 Å². The highest BCUT2D eigenvalue weighted by Crippen LogP contribution is 2.50. The number of aromatic nitrogens is 1. The molecule has 4 heteroatoms. The monoisotopic (exact) mass is 712 g/mol. The molecule has 0 aliphatic rings. The van der Waals surface area contributed by atoms with E-state index in [2.05, 4.69) is 171 Å². The normalized spacial score (nSPS) is 11.2. The standard InChI is InChI=1S/C52H32N4/c1-53-37-17-12-15-35(33-37)50-44-23-6-7-24-45(44)51(36-16-13-18-38(34-36)54-2)52-46(50)25-14-28-49(52)55(39-19-4-3-5-20-39)40-29-31-41(32-30-40)56-47-26-10-8-21-42(47)43-22-9-11-27-48(43)56/h3-34H. The second-order valence-electron chi connectivity index (χ2n) is 13.9. The van der Waals surface area contributed by atoms with Crippen molar-refractivity contribution < 1.29 is 0 Å². The quantitative estimate of drug-likeness (QED) is 0.124. The summed E-state index contributed by atoms with van der Waals surface area (Å²) in [5.41, 5.74) is 11.7. The van der Waals surface area contributed by atoms with Crippen molar-refractivity contribution in [3.63, 3.8) is 0 Å². The zero-order valence-electron chi connectivity index (χ0n) is 30.3. The first-order chi connectivity index (χ1) is 27.7. The lowest BCUT2D eigenvalue weighted by molar-refractivity contribution is 1.17. The highest BCUT2D eigenvalue weighted by Gasteiger charge is 2.23. The topological polar surface area (TPSA) is 16.9 Å². The Labute approximate surface area is 325 Å². The van der Waals surface area contributed by atoms with E-state index in [9.17, 15) is 0 Å². The van der Waals surface area contributed by atoms with Crippen LogP contribution in [0.15, 0.2) is 194 Å². The zero-order chi connectivity index (χ0) is 37.6. The Morgan fingerprint density at radius 2 is 0.875 bits per heavy atom. The van der Waals surface area contributed by atoms with Crippen LogP contribution in [0.4, 0.5) is 28.4 Å². The van der Waals surface area contributed by atoms with Crippen molar-refractivity contribution in [2.75, 3.05) is 4.90 Å². The summed E-state index contributed by atoms with van der Waals surface area (Å²) in [6, 6.07) is 67.5. The van der Waals surface area contributed by atoms with E-state index in [1.807, 2.05) is 42.5 Å². The molecule has 0 saturated carbocycles. The number of nitrogens with zero attached hydrogens (tertiary/aromatic N) is 4. The van der Waals surface area contributed by atoms with Crippen LogP contribution in [0.3, 0.4) is 0 Å². The molecular weight excluding hydrogens is 681 g/mol. The van der Waals surface area contributed by atoms with Gasteiger partial charge in [0.2, 0.25) is 0 Å². The molecule has 1 heterocycles. The van der Waals surface area contributed by atoms with Gasteiger partial charge in [-0.1, -0.05) is 127 Å². The van der Waals surface area contributed by atoms with Gasteiger partial charge in [0.15, 0.2) is 11.4 Å². The van der Waals surface area contributed by atoms with E-state index in [-0.39, 0.29) is 0 Å². The summed E-state index contributed by atoms with van der Waals surface area (Å²) in [6.45, 7) is 15.7. The van der Waals surface area contributed by atoms with Crippen LogP contribution in [0, 0.1) is 13.1 Å². The van der Waals surface area contributed by atoms with E-state index < -0.39 is 0 Å². The van der Waals surface area contributed by atoms with Crippen molar-refractivity contribution in [2.24, 2.45) is 0 Å². The fourth-order valence-corrected chi connectivity index (χ4v) is 8.42. The summed E-state index contributed by atoms with van der Waals surface area (Å²) in [5, 5.41) is 6.75. The molecule has 0 saturated heterocycles. The largest absolute Gasteiger partial charge is 0.310 e. The van der Waals surface area contributed by atoms with Gasteiger partial charge in [-0.05, 0) is 105 Å². The van der Waals surface area contributed by atoms with Gasteiger partial charge in [-0.2, -0.15) is 0 Å². The third kappa shape index (κ3) is 5.29. The summed E-state index contributed by atoms with van der Waals surface area (Å²) in [4.78, 5) is 9.97. The van der Waals surface area contributed by atoms with Crippen LogP contribution in [0.5, 0.6) is 0 Å². The van der Waals surface area contributed by atoms with Crippen LogP contribution in [-0.4, -0.2) is 4.57 Å². The number of benzene rings is 9. The van der Waals surface area contributed by atoms with Gasteiger partial charge < -0.3 is 9.47 Å². The van der Waals surface area contributed by atoms with Gasteiger partial charge in [0.1, 0.15) is 0 Å². The van der Waals surface area contributed by atoms with Gasteiger partial charge in [0.05, 0.1) is 29.9 Å². The SMILES string of the molecule is [C-]#[N+]c1cccc(-c2c3ccccc3c(-c3cccc([N+]#[C-])c3)c3c(N(c4ccccc4)c4ccc(-n5c6ccccc6c6ccccc65)cc4)cccc23)c1. The Hall–Kier alpha value is -7.92. The van der Waals surface area contributed by atoms with Crippen molar-refractivity contribution in [1.82, 2.24) is 4.57 Å². The molecule has 0 N–H and O–H groups in total. The number of anilines is 3. The molecule has 0 aliphatic carbocycles. The number of fused-ring (bicyclic) bond motifs is 5. The van der Waals surface area contributed by atoms with E-state index in [1.165, 1.54) is 21.8 Å². The highest BCUT2D eigenvalue weighted by molar-refractivity contribution is 6.25. The average Bonchev–Trinajstić information content (AvgIpc) is 3.61. The number of rotatable bonds is 6. The maximum absolute atomic E-state index is 7.90. The van der Waals surface area contributed by atoms with Crippen LogP contribution < -0.4 is 4.90 Å². The Morgan fingerprint density at radius 1 is 0.393 bits per heavy atom. The van der Waals surface area contributed by atoms with Gasteiger partial charge in [0, 0.05) is 33.2 Å². The van der Waals surface area contributed by atoms with E-state index >= 15 is 0 Å². The molecule has 0 radical (unpaired) electrons. The summed E-state index contributed by atoms with van der Waals surface area (Å²) < 4.78 is 2.34. The van der Waals surface area contributed by atoms with Crippen LogP contribution >= 0.6 is 0 Å². The van der Waals surface area contributed by atoms with Crippen LogP contribution in [-0.2, 0) is 0 Å². The Kier molecular flexibility index (Phi) is 7.88. The van der Waals surface area contributed by atoms with Crippen LogP contribution in [0.25, 0.3) is 81.0 Å². The summed E-state index contributed by atoms with van der Waals surface area (Å²) >= 11 is 0. The minimum Gasteiger partial charge on any atom is -0.310 e. The Morgan fingerprint density at radius 3 is 1.48 bits per heavy atom. The van der Waals surface area contributed by atoms with Crippen molar-refractivity contribution >= 4 is 71.8 Å². The van der Waals surface area contributed by atoms with Gasteiger partial charge >= 0.3 is 0 Å². The predicted octanol–water partition coefficient (Wildman–Crippen LogP) is 15.0. The molecule has 260 valence electrons. The lowest BCUT2D eigenvalue weighted by atomic mass is 9.85. The van der Waals surface area contributed by atoms with Gasteiger partial charge in [-0.15, -0.1) is 0 Å². The average molecular weight is 713 g/mol. The van der Waals surface area contributed by atoms with Gasteiger partial charge in [0.25, 0.3) is 0 Å². The number of para-hydroxylation sites is 3.